The molecule has 5 heteroatoms. The molecule has 0 aliphatic carbocycles. The number of nitrogens with one attached hydrogen (secondary N) is 2. The SMILES string of the molecule is Cc1cc(C)c(NC(=S)NC(=O)c2ccc(OC(C)C)cc2)c(C)c1. The van der Waals surface area contributed by atoms with E-state index in [-0.39, 0.29) is 17.1 Å². The molecule has 0 aliphatic heterocycles. The van der Waals surface area contributed by atoms with E-state index in [1.165, 1.54) is 5.56 Å². The first kappa shape index (κ1) is 18.9. The van der Waals surface area contributed by atoms with E-state index in [1.807, 2.05) is 27.7 Å². The van der Waals surface area contributed by atoms with E-state index >= 15 is 0 Å². The van der Waals surface area contributed by atoms with Crippen LogP contribution in [0.15, 0.2) is 36.4 Å². The van der Waals surface area contributed by atoms with Crippen molar-refractivity contribution in [3.05, 3.63) is 58.7 Å². The number of aryl methyl sites for hydroxylation is 3. The summed E-state index contributed by atoms with van der Waals surface area (Å²) in [4.78, 5) is 12.3. The van der Waals surface area contributed by atoms with Crippen LogP contribution in [0.2, 0.25) is 0 Å². The maximum atomic E-state index is 12.3. The van der Waals surface area contributed by atoms with E-state index in [1.54, 1.807) is 24.3 Å². The van der Waals surface area contributed by atoms with Crippen LogP contribution < -0.4 is 15.4 Å². The number of thiocarbonyl (C=S) groups is 1. The van der Waals surface area contributed by atoms with Crippen LogP contribution in [0.1, 0.15) is 40.9 Å². The number of rotatable bonds is 4. The van der Waals surface area contributed by atoms with Gasteiger partial charge in [-0.1, -0.05) is 17.7 Å². The van der Waals surface area contributed by atoms with Gasteiger partial charge in [0.05, 0.1) is 6.10 Å². The molecule has 0 saturated heterocycles. The first-order valence-electron chi connectivity index (χ1n) is 8.23. The summed E-state index contributed by atoms with van der Waals surface area (Å²) in [7, 11) is 0. The number of hydrogen-bond acceptors (Lipinski definition) is 3. The fourth-order valence-electron chi connectivity index (χ4n) is 2.65. The molecule has 0 radical (unpaired) electrons. The van der Waals surface area contributed by atoms with Crippen LogP contribution in [0.4, 0.5) is 5.69 Å². The van der Waals surface area contributed by atoms with Crippen LogP contribution in [-0.4, -0.2) is 17.1 Å². The minimum atomic E-state index is -0.254. The van der Waals surface area contributed by atoms with Crippen LogP contribution >= 0.6 is 12.2 Å². The molecular weight excluding hydrogens is 332 g/mol. The van der Waals surface area contributed by atoms with Crippen LogP contribution in [-0.2, 0) is 0 Å². The summed E-state index contributed by atoms with van der Waals surface area (Å²) in [5.74, 6) is 0.481. The molecule has 2 rings (SSSR count). The summed E-state index contributed by atoms with van der Waals surface area (Å²) in [6.07, 6.45) is 0.0949. The van der Waals surface area contributed by atoms with Crippen LogP contribution in [0.3, 0.4) is 0 Å². The molecule has 25 heavy (non-hydrogen) atoms. The highest BCUT2D eigenvalue weighted by Crippen LogP contribution is 2.21. The Bertz CT molecular complexity index is 760. The summed E-state index contributed by atoms with van der Waals surface area (Å²) in [5.41, 5.74) is 4.82. The molecule has 2 N–H and O–H groups in total. The Hall–Kier alpha value is -2.40. The van der Waals surface area contributed by atoms with E-state index in [2.05, 4.69) is 29.7 Å². The highest BCUT2D eigenvalue weighted by atomic mass is 32.1. The molecular formula is C20H24N2O2S. The quantitative estimate of drug-likeness (QED) is 0.791. The molecule has 1 amide bonds. The monoisotopic (exact) mass is 356 g/mol. The normalized spacial score (nSPS) is 10.5. The van der Waals surface area contributed by atoms with Crippen LogP contribution in [0, 0.1) is 20.8 Å². The zero-order valence-corrected chi connectivity index (χ0v) is 16.1. The van der Waals surface area contributed by atoms with Crippen molar-refractivity contribution in [1.29, 1.82) is 0 Å². The molecule has 0 unspecified atom stereocenters. The standard InChI is InChI=1S/C20H24N2O2S/c1-12(2)24-17-8-6-16(7-9-17)19(23)22-20(25)21-18-14(4)10-13(3)11-15(18)5/h6-12H,1-5H3,(H2,21,22,23,25). The Morgan fingerprint density at radius 3 is 2.12 bits per heavy atom. The Balaban J connectivity index is 2.02. The summed E-state index contributed by atoms with van der Waals surface area (Å²) in [6, 6.07) is 11.1. The van der Waals surface area contributed by atoms with Crippen LogP contribution in [0.5, 0.6) is 5.75 Å². The Morgan fingerprint density at radius 1 is 1.04 bits per heavy atom. The van der Waals surface area contributed by atoms with Gasteiger partial charge in [-0.3, -0.25) is 10.1 Å². The summed E-state index contributed by atoms with van der Waals surface area (Å²) >= 11 is 5.28. The van der Waals surface area contributed by atoms with Crippen LogP contribution in [0.25, 0.3) is 0 Å². The third-order valence-corrected chi connectivity index (χ3v) is 3.84. The van der Waals surface area contributed by atoms with E-state index in [9.17, 15) is 4.79 Å². The molecule has 0 atom stereocenters. The average molecular weight is 356 g/mol. The fourth-order valence-corrected chi connectivity index (χ4v) is 2.85. The zero-order chi connectivity index (χ0) is 18.6. The second kappa shape index (κ2) is 8.12. The molecule has 132 valence electrons. The lowest BCUT2D eigenvalue weighted by atomic mass is 10.1. The van der Waals surface area contributed by atoms with Crippen molar-refractivity contribution in [3.8, 4) is 5.75 Å². The molecule has 0 saturated carbocycles. The number of benzene rings is 2. The lowest BCUT2D eigenvalue weighted by molar-refractivity contribution is 0.0977. The van der Waals surface area contributed by atoms with Crippen molar-refractivity contribution < 1.29 is 9.53 Å². The molecule has 0 aromatic heterocycles. The molecule has 0 aliphatic rings. The topological polar surface area (TPSA) is 50.4 Å². The number of carbonyl (C=O) groups excluding carboxylic acids is 1. The smallest absolute Gasteiger partial charge is 0.257 e. The number of amides is 1. The second-order valence-corrected chi connectivity index (χ2v) is 6.78. The van der Waals surface area contributed by atoms with Gasteiger partial charge in [-0.05, 0) is 82.2 Å². The maximum absolute atomic E-state index is 12.3. The third-order valence-electron chi connectivity index (χ3n) is 3.63. The fraction of sp³-hybridized carbons (Fsp3) is 0.300. The second-order valence-electron chi connectivity index (χ2n) is 6.37. The Kier molecular flexibility index (Phi) is 6.15. The van der Waals surface area contributed by atoms with Gasteiger partial charge in [0.1, 0.15) is 5.75 Å². The lowest BCUT2D eigenvalue weighted by Gasteiger charge is -2.15. The lowest BCUT2D eigenvalue weighted by Crippen LogP contribution is -2.34. The van der Waals surface area contributed by atoms with E-state index in [4.69, 9.17) is 17.0 Å². The van der Waals surface area contributed by atoms with E-state index in [0.29, 0.717) is 5.56 Å². The van der Waals surface area contributed by atoms with E-state index in [0.717, 1.165) is 22.6 Å². The maximum Gasteiger partial charge on any atom is 0.257 e. The van der Waals surface area contributed by atoms with Crippen molar-refractivity contribution in [2.75, 3.05) is 5.32 Å². The van der Waals surface area contributed by atoms with Gasteiger partial charge in [0.25, 0.3) is 5.91 Å². The average Bonchev–Trinajstić information content (AvgIpc) is 2.51. The van der Waals surface area contributed by atoms with Gasteiger partial charge >= 0.3 is 0 Å². The van der Waals surface area contributed by atoms with Gasteiger partial charge in [-0.25, -0.2) is 0 Å². The van der Waals surface area contributed by atoms with Crippen molar-refractivity contribution >= 4 is 28.9 Å². The number of carbonyl (C=O) groups is 1. The number of hydrogen-bond donors (Lipinski definition) is 2. The molecule has 0 heterocycles. The molecule has 0 bridgehead atoms. The highest BCUT2D eigenvalue weighted by molar-refractivity contribution is 7.80. The summed E-state index contributed by atoms with van der Waals surface area (Å²) in [5, 5.41) is 6.11. The molecule has 0 fully saturated rings. The van der Waals surface area contributed by atoms with Gasteiger partial charge in [0, 0.05) is 11.3 Å². The summed E-state index contributed by atoms with van der Waals surface area (Å²) in [6.45, 7) is 10.00. The van der Waals surface area contributed by atoms with Crippen molar-refractivity contribution in [2.45, 2.75) is 40.7 Å². The van der Waals surface area contributed by atoms with Gasteiger partial charge in [0.15, 0.2) is 5.11 Å². The Morgan fingerprint density at radius 2 is 1.60 bits per heavy atom. The minimum Gasteiger partial charge on any atom is -0.491 e. The predicted molar refractivity (Wildman–Crippen MR) is 107 cm³/mol. The molecule has 0 spiro atoms. The third kappa shape index (κ3) is 5.29. The van der Waals surface area contributed by atoms with Crippen molar-refractivity contribution in [2.24, 2.45) is 0 Å². The highest BCUT2D eigenvalue weighted by Gasteiger charge is 2.11. The first-order valence-corrected chi connectivity index (χ1v) is 8.64. The van der Waals surface area contributed by atoms with Gasteiger partial charge in [-0.15, -0.1) is 0 Å². The van der Waals surface area contributed by atoms with Gasteiger partial charge < -0.3 is 10.1 Å². The zero-order valence-electron chi connectivity index (χ0n) is 15.3. The predicted octanol–water partition coefficient (Wildman–Crippen LogP) is 4.53. The summed E-state index contributed by atoms with van der Waals surface area (Å²) < 4.78 is 5.58. The Labute approximate surface area is 154 Å². The molecule has 4 nitrogen and oxygen atoms in total. The molecule has 2 aromatic rings. The molecule has 2 aromatic carbocycles. The first-order chi connectivity index (χ1) is 11.8. The number of anilines is 1. The van der Waals surface area contributed by atoms with Gasteiger partial charge in [0.2, 0.25) is 0 Å². The minimum absolute atomic E-state index is 0.0949. The van der Waals surface area contributed by atoms with Crippen molar-refractivity contribution in [1.82, 2.24) is 5.32 Å². The number of ether oxygens (including phenoxy) is 1. The van der Waals surface area contributed by atoms with Gasteiger partial charge in [-0.2, -0.15) is 0 Å². The van der Waals surface area contributed by atoms with E-state index < -0.39 is 0 Å². The largest absolute Gasteiger partial charge is 0.491 e. The van der Waals surface area contributed by atoms with Crippen molar-refractivity contribution in [3.63, 3.8) is 0 Å².